The summed E-state index contributed by atoms with van der Waals surface area (Å²) in [5.74, 6) is 0. The number of furan rings is 1. The highest BCUT2D eigenvalue weighted by Crippen LogP contribution is 2.29. The monoisotopic (exact) mass is 244 g/mol. The first kappa shape index (κ1) is 8.14. The van der Waals surface area contributed by atoms with E-state index in [1.54, 1.807) is 6.26 Å². The fraction of sp³-hybridized carbons (Fsp3) is 0.111. The normalized spacial score (nSPS) is 10.8. The fourth-order valence-electron chi connectivity index (χ4n) is 1.21. The van der Waals surface area contributed by atoms with Crippen LogP contribution in [-0.2, 0) is 5.33 Å². The van der Waals surface area contributed by atoms with Gasteiger partial charge in [-0.3, -0.25) is 0 Å². The zero-order chi connectivity index (χ0) is 8.55. The van der Waals surface area contributed by atoms with Gasteiger partial charge in [0.2, 0.25) is 0 Å². The van der Waals surface area contributed by atoms with E-state index in [1.165, 1.54) is 0 Å². The van der Waals surface area contributed by atoms with Crippen LogP contribution in [0.25, 0.3) is 11.0 Å². The fourth-order valence-corrected chi connectivity index (χ4v) is 1.91. The van der Waals surface area contributed by atoms with Crippen LogP contribution in [0, 0.1) is 0 Å². The Bertz CT molecular complexity index is 408. The Balaban J connectivity index is 2.83. The molecule has 0 aliphatic rings. The summed E-state index contributed by atoms with van der Waals surface area (Å²) in [6, 6.07) is 5.66. The molecule has 1 aromatic heterocycles. The molecule has 1 heterocycles. The van der Waals surface area contributed by atoms with Crippen molar-refractivity contribution in [2.45, 2.75) is 5.33 Å². The van der Waals surface area contributed by atoms with E-state index in [9.17, 15) is 0 Å². The van der Waals surface area contributed by atoms with Crippen LogP contribution in [0.3, 0.4) is 0 Å². The first-order valence-electron chi connectivity index (χ1n) is 3.53. The summed E-state index contributed by atoms with van der Waals surface area (Å²) in [5, 5.41) is 2.52. The van der Waals surface area contributed by atoms with Crippen LogP contribution in [0.4, 0.5) is 0 Å². The van der Waals surface area contributed by atoms with Gasteiger partial charge < -0.3 is 4.42 Å². The second kappa shape index (κ2) is 3.11. The number of halogens is 2. The number of rotatable bonds is 1. The molecular formula is C9H6BrClO. The standard InChI is InChI=1S/C9H6BrClO/c10-4-6-5-12-8-3-1-2-7(11)9(6)8/h1-3,5H,4H2. The van der Waals surface area contributed by atoms with Gasteiger partial charge in [-0.2, -0.15) is 0 Å². The minimum atomic E-state index is 0.746. The topological polar surface area (TPSA) is 13.1 Å². The lowest BCUT2D eigenvalue weighted by Gasteiger charge is -1.93. The molecular weight excluding hydrogens is 239 g/mol. The van der Waals surface area contributed by atoms with Crippen LogP contribution in [0.15, 0.2) is 28.9 Å². The second-order valence-corrected chi connectivity index (χ2v) is 3.48. The van der Waals surface area contributed by atoms with Gasteiger partial charge in [-0.05, 0) is 12.1 Å². The van der Waals surface area contributed by atoms with E-state index in [2.05, 4.69) is 15.9 Å². The van der Waals surface area contributed by atoms with Crippen LogP contribution in [0.1, 0.15) is 5.56 Å². The lowest BCUT2D eigenvalue weighted by Crippen LogP contribution is -1.73. The number of hydrogen-bond acceptors (Lipinski definition) is 1. The van der Waals surface area contributed by atoms with Crippen molar-refractivity contribution in [3.8, 4) is 0 Å². The molecule has 0 radical (unpaired) electrons. The van der Waals surface area contributed by atoms with Crippen molar-refractivity contribution < 1.29 is 4.42 Å². The molecule has 62 valence electrons. The van der Waals surface area contributed by atoms with Crippen LogP contribution >= 0.6 is 27.5 Å². The summed E-state index contributed by atoms with van der Waals surface area (Å²) < 4.78 is 5.31. The van der Waals surface area contributed by atoms with E-state index < -0.39 is 0 Å². The Labute approximate surface area is 83.4 Å². The maximum atomic E-state index is 6.00. The average molecular weight is 246 g/mol. The van der Waals surface area contributed by atoms with Gasteiger partial charge in [0.1, 0.15) is 5.58 Å². The smallest absolute Gasteiger partial charge is 0.135 e. The SMILES string of the molecule is Clc1cccc2occ(CBr)c12. The third-order valence-electron chi connectivity index (χ3n) is 1.77. The molecule has 3 heteroatoms. The predicted molar refractivity (Wildman–Crippen MR) is 53.9 cm³/mol. The summed E-state index contributed by atoms with van der Waals surface area (Å²) in [6.45, 7) is 0. The minimum Gasteiger partial charge on any atom is -0.464 e. The lowest BCUT2D eigenvalue weighted by molar-refractivity contribution is 0.613. The molecule has 12 heavy (non-hydrogen) atoms. The minimum absolute atomic E-state index is 0.746. The molecule has 0 bridgehead atoms. The van der Waals surface area contributed by atoms with E-state index in [4.69, 9.17) is 16.0 Å². The van der Waals surface area contributed by atoms with Crippen molar-refractivity contribution in [2.24, 2.45) is 0 Å². The van der Waals surface area contributed by atoms with Crippen molar-refractivity contribution in [1.82, 2.24) is 0 Å². The van der Waals surface area contributed by atoms with E-state index in [0.29, 0.717) is 0 Å². The quantitative estimate of drug-likeness (QED) is 0.693. The number of alkyl halides is 1. The molecule has 0 spiro atoms. The summed E-state index contributed by atoms with van der Waals surface area (Å²) in [7, 11) is 0. The molecule has 0 saturated carbocycles. The van der Waals surface area contributed by atoms with Gasteiger partial charge in [0, 0.05) is 16.3 Å². The average Bonchev–Trinajstić information content (AvgIpc) is 2.49. The van der Waals surface area contributed by atoms with Crippen LogP contribution in [-0.4, -0.2) is 0 Å². The van der Waals surface area contributed by atoms with E-state index in [0.717, 1.165) is 26.9 Å². The van der Waals surface area contributed by atoms with Gasteiger partial charge in [0.15, 0.2) is 0 Å². The summed E-state index contributed by atoms with van der Waals surface area (Å²) in [5.41, 5.74) is 1.94. The van der Waals surface area contributed by atoms with E-state index >= 15 is 0 Å². The molecule has 2 aromatic rings. The van der Waals surface area contributed by atoms with Crippen molar-refractivity contribution in [3.63, 3.8) is 0 Å². The molecule has 0 fully saturated rings. The Morgan fingerprint density at radius 3 is 3.00 bits per heavy atom. The highest BCUT2D eigenvalue weighted by Gasteiger charge is 2.06. The number of benzene rings is 1. The summed E-state index contributed by atoms with van der Waals surface area (Å²) >= 11 is 9.37. The Morgan fingerprint density at radius 2 is 2.25 bits per heavy atom. The van der Waals surface area contributed by atoms with Gasteiger partial charge in [-0.25, -0.2) is 0 Å². The van der Waals surface area contributed by atoms with Gasteiger partial charge in [-0.1, -0.05) is 33.6 Å². The number of hydrogen-bond donors (Lipinski definition) is 0. The zero-order valence-corrected chi connectivity index (χ0v) is 8.52. The first-order valence-corrected chi connectivity index (χ1v) is 5.03. The lowest BCUT2D eigenvalue weighted by atomic mass is 10.2. The summed E-state index contributed by atoms with van der Waals surface area (Å²) in [6.07, 6.45) is 1.73. The predicted octanol–water partition coefficient (Wildman–Crippen LogP) is 3.98. The molecule has 0 aliphatic carbocycles. The molecule has 0 atom stereocenters. The highest BCUT2D eigenvalue weighted by molar-refractivity contribution is 9.08. The van der Waals surface area contributed by atoms with Crippen molar-refractivity contribution in [3.05, 3.63) is 35.0 Å². The van der Waals surface area contributed by atoms with E-state index in [-0.39, 0.29) is 0 Å². The maximum Gasteiger partial charge on any atom is 0.135 e. The Kier molecular flexibility index (Phi) is 2.11. The maximum absolute atomic E-state index is 6.00. The zero-order valence-electron chi connectivity index (χ0n) is 6.18. The summed E-state index contributed by atoms with van der Waals surface area (Å²) in [4.78, 5) is 0. The van der Waals surface area contributed by atoms with Crippen LogP contribution in [0.5, 0.6) is 0 Å². The van der Waals surface area contributed by atoms with Gasteiger partial charge in [-0.15, -0.1) is 0 Å². The first-order chi connectivity index (χ1) is 5.83. The Hall–Kier alpha value is -0.470. The van der Waals surface area contributed by atoms with Gasteiger partial charge in [0.05, 0.1) is 11.3 Å². The molecule has 0 saturated heterocycles. The van der Waals surface area contributed by atoms with Crippen LogP contribution in [0.2, 0.25) is 5.02 Å². The van der Waals surface area contributed by atoms with Crippen LogP contribution < -0.4 is 0 Å². The third kappa shape index (κ3) is 1.15. The van der Waals surface area contributed by atoms with Crippen molar-refractivity contribution >= 4 is 38.5 Å². The number of fused-ring (bicyclic) bond motifs is 1. The molecule has 0 amide bonds. The molecule has 0 N–H and O–H groups in total. The second-order valence-electron chi connectivity index (χ2n) is 2.51. The van der Waals surface area contributed by atoms with Gasteiger partial charge in [0.25, 0.3) is 0 Å². The molecule has 2 rings (SSSR count). The van der Waals surface area contributed by atoms with E-state index in [1.807, 2.05) is 18.2 Å². The molecule has 0 aliphatic heterocycles. The van der Waals surface area contributed by atoms with Crippen molar-refractivity contribution in [1.29, 1.82) is 0 Å². The molecule has 1 aromatic carbocycles. The highest BCUT2D eigenvalue weighted by atomic mass is 79.9. The molecule has 0 unspecified atom stereocenters. The van der Waals surface area contributed by atoms with Crippen molar-refractivity contribution in [2.75, 3.05) is 0 Å². The third-order valence-corrected chi connectivity index (χ3v) is 2.69. The molecule has 1 nitrogen and oxygen atoms in total. The Morgan fingerprint density at radius 1 is 1.42 bits per heavy atom. The van der Waals surface area contributed by atoms with Gasteiger partial charge >= 0.3 is 0 Å². The largest absolute Gasteiger partial charge is 0.464 e.